The lowest BCUT2D eigenvalue weighted by atomic mass is 9.93. The summed E-state index contributed by atoms with van der Waals surface area (Å²) in [6, 6.07) is 5.73. The van der Waals surface area contributed by atoms with Gasteiger partial charge in [-0.15, -0.1) is 0 Å². The van der Waals surface area contributed by atoms with Crippen molar-refractivity contribution in [2.75, 3.05) is 19.4 Å². The Labute approximate surface area is 120 Å². The van der Waals surface area contributed by atoms with Gasteiger partial charge in [-0.2, -0.15) is 0 Å². The number of anilines is 1. The number of amides is 1. The first-order valence-corrected chi connectivity index (χ1v) is 7.42. The fourth-order valence-corrected chi connectivity index (χ4v) is 3.02. The van der Waals surface area contributed by atoms with E-state index in [1.807, 2.05) is 17.9 Å². The van der Waals surface area contributed by atoms with Gasteiger partial charge in [-0.3, -0.25) is 4.79 Å². The highest BCUT2D eigenvalue weighted by molar-refractivity contribution is 6.00. The molecule has 20 heavy (non-hydrogen) atoms. The zero-order valence-corrected chi connectivity index (χ0v) is 12.4. The maximum absolute atomic E-state index is 12.8. The molecule has 0 bridgehead atoms. The van der Waals surface area contributed by atoms with Crippen LogP contribution in [0.4, 0.5) is 5.69 Å². The first kappa shape index (κ1) is 14.7. The zero-order valence-electron chi connectivity index (χ0n) is 12.4. The zero-order chi connectivity index (χ0) is 14.5. The molecule has 0 unspecified atom stereocenters. The van der Waals surface area contributed by atoms with Gasteiger partial charge in [0.1, 0.15) is 5.75 Å². The van der Waals surface area contributed by atoms with Gasteiger partial charge in [0.15, 0.2) is 0 Å². The number of benzene rings is 1. The molecule has 1 amide bonds. The molecule has 0 atom stereocenters. The van der Waals surface area contributed by atoms with Gasteiger partial charge in [0.2, 0.25) is 0 Å². The minimum atomic E-state index is 0.0239. The fraction of sp³-hybridized carbons (Fsp3) is 0.562. The minimum Gasteiger partial charge on any atom is -0.495 e. The number of carbonyl (C=O) groups excluding carboxylic acids is 1. The number of nitrogens with two attached hydrogens (primary N) is 1. The van der Waals surface area contributed by atoms with Crippen molar-refractivity contribution in [2.45, 2.75) is 45.1 Å². The normalized spacial score (nSPS) is 15.9. The Morgan fingerprint density at radius 3 is 2.65 bits per heavy atom. The van der Waals surface area contributed by atoms with Crippen molar-refractivity contribution in [1.82, 2.24) is 4.90 Å². The Hall–Kier alpha value is -1.71. The predicted molar refractivity (Wildman–Crippen MR) is 81.0 cm³/mol. The molecule has 4 nitrogen and oxygen atoms in total. The minimum absolute atomic E-state index is 0.0239. The molecule has 0 saturated heterocycles. The van der Waals surface area contributed by atoms with Gasteiger partial charge in [0.25, 0.3) is 5.91 Å². The van der Waals surface area contributed by atoms with Crippen LogP contribution in [-0.2, 0) is 0 Å². The molecule has 1 saturated carbocycles. The average molecular weight is 276 g/mol. The molecule has 1 aliphatic carbocycles. The second-order valence-corrected chi connectivity index (χ2v) is 5.30. The van der Waals surface area contributed by atoms with Gasteiger partial charge in [-0.05, 0) is 31.9 Å². The summed E-state index contributed by atoms with van der Waals surface area (Å²) in [5.41, 5.74) is 7.04. The van der Waals surface area contributed by atoms with E-state index < -0.39 is 0 Å². The molecule has 2 rings (SSSR count). The predicted octanol–water partition coefficient (Wildman–Crippen LogP) is 3.07. The van der Waals surface area contributed by atoms with Crippen molar-refractivity contribution >= 4 is 11.6 Å². The van der Waals surface area contributed by atoms with E-state index in [1.54, 1.807) is 19.2 Å². The van der Waals surface area contributed by atoms with Gasteiger partial charge in [-0.1, -0.05) is 25.3 Å². The van der Waals surface area contributed by atoms with Crippen LogP contribution in [0.15, 0.2) is 18.2 Å². The third kappa shape index (κ3) is 2.89. The quantitative estimate of drug-likeness (QED) is 0.860. The van der Waals surface area contributed by atoms with Crippen molar-refractivity contribution in [1.29, 1.82) is 0 Å². The molecule has 1 aromatic rings. The number of nitrogen functional groups attached to an aromatic ring is 1. The maximum atomic E-state index is 12.8. The number of carbonyl (C=O) groups is 1. The Morgan fingerprint density at radius 2 is 2.05 bits per heavy atom. The Balaban J connectivity index is 2.24. The Morgan fingerprint density at radius 1 is 1.35 bits per heavy atom. The van der Waals surface area contributed by atoms with Crippen molar-refractivity contribution in [3.05, 3.63) is 23.8 Å². The van der Waals surface area contributed by atoms with E-state index in [0.717, 1.165) is 19.4 Å². The first-order valence-electron chi connectivity index (χ1n) is 7.42. The van der Waals surface area contributed by atoms with Gasteiger partial charge in [0, 0.05) is 12.6 Å². The second-order valence-electron chi connectivity index (χ2n) is 5.30. The fourth-order valence-electron chi connectivity index (χ4n) is 3.02. The molecule has 1 fully saturated rings. The van der Waals surface area contributed by atoms with E-state index in [4.69, 9.17) is 10.5 Å². The summed E-state index contributed by atoms with van der Waals surface area (Å²) in [6.07, 6.45) is 5.90. The number of hydrogen-bond acceptors (Lipinski definition) is 3. The molecule has 0 spiro atoms. The largest absolute Gasteiger partial charge is 0.495 e. The summed E-state index contributed by atoms with van der Waals surface area (Å²) in [5, 5.41) is 0. The maximum Gasteiger partial charge on any atom is 0.256 e. The number of nitrogens with zero attached hydrogens (tertiary/aromatic N) is 1. The Bertz CT molecular complexity index is 468. The molecule has 110 valence electrons. The third-order valence-corrected chi connectivity index (χ3v) is 4.13. The lowest BCUT2D eigenvalue weighted by Gasteiger charge is -2.34. The van der Waals surface area contributed by atoms with Gasteiger partial charge >= 0.3 is 0 Å². The summed E-state index contributed by atoms with van der Waals surface area (Å²) < 4.78 is 5.20. The highest BCUT2D eigenvalue weighted by atomic mass is 16.5. The van der Waals surface area contributed by atoms with E-state index in [2.05, 4.69) is 0 Å². The third-order valence-electron chi connectivity index (χ3n) is 4.13. The average Bonchev–Trinajstić information content (AvgIpc) is 2.49. The van der Waals surface area contributed by atoms with E-state index in [1.165, 1.54) is 19.3 Å². The van der Waals surface area contributed by atoms with Crippen LogP contribution in [0, 0.1) is 0 Å². The van der Waals surface area contributed by atoms with Gasteiger partial charge in [0.05, 0.1) is 18.4 Å². The number of methoxy groups -OCH3 is 1. The molecular formula is C16H24N2O2. The van der Waals surface area contributed by atoms with Crippen LogP contribution >= 0.6 is 0 Å². The van der Waals surface area contributed by atoms with Crippen LogP contribution in [0.25, 0.3) is 0 Å². The summed E-state index contributed by atoms with van der Waals surface area (Å²) in [6.45, 7) is 2.75. The summed E-state index contributed by atoms with van der Waals surface area (Å²) >= 11 is 0. The van der Waals surface area contributed by atoms with E-state index in [-0.39, 0.29) is 5.91 Å². The SMILES string of the molecule is CCN(C(=O)c1cccc(OC)c1N)C1CCCCC1. The molecule has 0 aliphatic heterocycles. The number of para-hydroxylation sites is 1. The van der Waals surface area contributed by atoms with E-state index in [9.17, 15) is 4.79 Å². The topological polar surface area (TPSA) is 55.6 Å². The molecule has 2 N–H and O–H groups in total. The molecular weight excluding hydrogens is 252 g/mol. The van der Waals surface area contributed by atoms with Crippen LogP contribution in [0.3, 0.4) is 0 Å². The van der Waals surface area contributed by atoms with E-state index >= 15 is 0 Å². The van der Waals surface area contributed by atoms with Crippen molar-refractivity contribution in [3.63, 3.8) is 0 Å². The van der Waals surface area contributed by atoms with E-state index in [0.29, 0.717) is 23.0 Å². The molecule has 0 aromatic heterocycles. The van der Waals surface area contributed by atoms with Gasteiger partial charge < -0.3 is 15.4 Å². The summed E-state index contributed by atoms with van der Waals surface area (Å²) in [7, 11) is 1.57. The molecule has 4 heteroatoms. The number of hydrogen-bond donors (Lipinski definition) is 1. The molecule has 0 radical (unpaired) electrons. The monoisotopic (exact) mass is 276 g/mol. The van der Waals surface area contributed by atoms with Crippen LogP contribution in [0.1, 0.15) is 49.4 Å². The van der Waals surface area contributed by atoms with Crippen molar-refractivity contribution in [3.8, 4) is 5.75 Å². The summed E-state index contributed by atoms with van der Waals surface area (Å²) in [4.78, 5) is 14.7. The van der Waals surface area contributed by atoms with Gasteiger partial charge in [-0.25, -0.2) is 0 Å². The first-order chi connectivity index (χ1) is 9.69. The highest BCUT2D eigenvalue weighted by Crippen LogP contribution is 2.29. The van der Waals surface area contributed by atoms with Crippen molar-refractivity contribution in [2.24, 2.45) is 0 Å². The van der Waals surface area contributed by atoms with Crippen molar-refractivity contribution < 1.29 is 9.53 Å². The Kier molecular flexibility index (Phi) is 4.88. The number of rotatable bonds is 4. The van der Waals surface area contributed by atoms with Crippen LogP contribution < -0.4 is 10.5 Å². The second kappa shape index (κ2) is 6.64. The summed E-state index contributed by atoms with van der Waals surface area (Å²) in [5.74, 6) is 0.589. The molecule has 1 aliphatic rings. The van der Waals surface area contributed by atoms with Crippen LogP contribution in [0.2, 0.25) is 0 Å². The lowest BCUT2D eigenvalue weighted by Crippen LogP contribution is -2.41. The number of ether oxygens (including phenoxy) is 1. The smallest absolute Gasteiger partial charge is 0.256 e. The standard InChI is InChI=1S/C16H24N2O2/c1-3-18(12-8-5-4-6-9-12)16(19)13-10-7-11-14(20-2)15(13)17/h7,10-12H,3-6,8-9,17H2,1-2H3. The molecule has 1 aromatic carbocycles. The van der Waals surface area contributed by atoms with Crippen LogP contribution in [0.5, 0.6) is 5.75 Å². The lowest BCUT2D eigenvalue weighted by molar-refractivity contribution is 0.0649. The van der Waals surface area contributed by atoms with Crippen LogP contribution in [-0.4, -0.2) is 30.5 Å². The molecule has 0 heterocycles. The highest BCUT2D eigenvalue weighted by Gasteiger charge is 2.26.